The quantitative estimate of drug-likeness (QED) is 0.502. The molecule has 0 unspecified atom stereocenters. The third kappa shape index (κ3) is 5.47. The molecule has 27 heavy (non-hydrogen) atoms. The van der Waals surface area contributed by atoms with Crippen LogP contribution in [0, 0.1) is 5.82 Å². The fourth-order valence-corrected chi connectivity index (χ4v) is 2.55. The van der Waals surface area contributed by atoms with Gasteiger partial charge in [-0.2, -0.15) is 0 Å². The fourth-order valence-electron chi connectivity index (χ4n) is 2.55. The van der Waals surface area contributed by atoms with E-state index in [0.717, 1.165) is 11.1 Å². The van der Waals surface area contributed by atoms with E-state index in [1.165, 1.54) is 18.2 Å². The first-order valence-electron chi connectivity index (χ1n) is 8.52. The molecule has 0 heterocycles. The molecule has 4 heteroatoms. The van der Waals surface area contributed by atoms with Gasteiger partial charge in [0.25, 0.3) is 0 Å². The van der Waals surface area contributed by atoms with Crippen LogP contribution in [0.2, 0.25) is 0 Å². The molecule has 1 N–H and O–H groups in total. The first-order chi connectivity index (χ1) is 13.1. The smallest absolute Gasteiger partial charge is 0.228 e. The second-order valence-corrected chi connectivity index (χ2v) is 6.04. The molecule has 0 atom stereocenters. The first-order valence-corrected chi connectivity index (χ1v) is 8.52. The molecule has 0 bridgehead atoms. The van der Waals surface area contributed by atoms with Crippen LogP contribution in [-0.4, -0.2) is 11.7 Å². The number of halogens is 1. The van der Waals surface area contributed by atoms with Crippen LogP contribution in [0.4, 0.5) is 10.1 Å². The summed E-state index contributed by atoms with van der Waals surface area (Å²) in [6, 6.07) is 22.1. The van der Waals surface area contributed by atoms with Crippen LogP contribution >= 0.6 is 0 Å². The highest BCUT2D eigenvalue weighted by Gasteiger charge is 2.06. The van der Waals surface area contributed by atoms with E-state index in [2.05, 4.69) is 5.32 Å². The number of allylic oxidation sites excluding steroid dienone is 1. The molecule has 0 aliphatic rings. The summed E-state index contributed by atoms with van der Waals surface area (Å²) in [5, 5.41) is 2.82. The van der Waals surface area contributed by atoms with Gasteiger partial charge in [0.1, 0.15) is 5.82 Å². The molecule has 0 saturated heterocycles. The lowest BCUT2D eigenvalue weighted by molar-refractivity contribution is -0.115. The number of rotatable bonds is 6. The van der Waals surface area contributed by atoms with Crippen molar-refractivity contribution in [3.05, 3.63) is 107 Å². The molecule has 0 aromatic heterocycles. The van der Waals surface area contributed by atoms with Crippen molar-refractivity contribution < 1.29 is 14.0 Å². The van der Waals surface area contributed by atoms with Crippen LogP contribution in [0.15, 0.2) is 84.9 Å². The number of carbonyl (C=O) groups excluding carboxylic acids is 2. The van der Waals surface area contributed by atoms with Crippen molar-refractivity contribution in [3.63, 3.8) is 0 Å². The molecule has 134 valence electrons. The maximum absolute atomic E-state index is 12.9. The van der Waals surface area contributed by atoms with Crippen molar-refractivity contribution in [1.29, 1.82) is 0 Å². The molecule has 0 spiro atoms. The SMILES string of the molecule is O=C(Cc1ccccc1)Nc1ccc(C(=O)/C=C/c2ccc(F)cc2)cc1. The number of amides is 1. The summed E-state index contributed by atoms with van der Waals surface area (Å²) in [6.07, 6.45) is 3.37. The topological polar surface area (TPSA) is 46.2 Å². The van der Waals surface area contributed by atoms with Crippen LogP contribution in [0.1, 0.15) is 21.5 Å². The largest absolute Gasteiger partial charge is 0.326 e. The summed E-state index contributed by atoms with van der Waals surface area (Å²) < 4.78 is 12.9. The van der Waals surface area contributed by atoms with Gasteiger partial charge >= 0.3 is 0 Å². The van der Waals surface area contributed by atoms with Crippen molar-refractivity contribution in [3.8, 4) is 0 Å². The van der Waals surface area contributed by atoms with E-state index in [1.54, 1.807) is 42.5 Å². The van der Waals surface area contributed by atoms with Crippen LogP contribution in [0.25, 0.3) is 6.08 Å². The molecule has 3 nitrogen and oxygen atoms in total. The van der Waals surface area contributed by atoms with E-state index in [4.69, 9.17) is 0 Å². The Morgan fingerprint density at radius 3 is 2.19 bits per heavy atom. The summed E-state index contributed by atoms with van der Waals surface area (Å²) in [5.41, 5.74) is 2.83. The third-order valence-corrected chi connectivity index (χ3v) is 3.96. The Balaban J connectivity index is 1.58. The molecule has 0 saturated carbocycles. The maximum atomic E-state index is 12.9. The lowest BCUT2D eigenvalue weighted by Gasteiger charge is -2.06. The van der Waals surface area contributed by atoms with Gasteiger partial charge in [-0.25, -0.2) is 4.39 Å². The van der Waals surface area contributed by atoms with Gasteiger partial charge in [-0.15, -0.1) is 0 Å². The summed E-state index contributed by atoms with van der Waals surface area (Å²) in [7, 11) is 0. The molecule has 0 aliphatic carbocycles. The van der Waals surface area contributed by atoms with Gasteiger partial charge in [0.2, 0.25) is 5.91 Å². The summed E-state index contributed by atoms with van der Waals surface area (Å²) >= 11 is 0. The lowest BCUT2D eigenvalue weighted by atomic mass is 10.1. The van der Waals surface area contributed by atoms with Gasteiger partial charge in [0, 0.05) is 11.3 Å². The summed E-state index contributed by atoms with van der Waals surface area (Å²) in [5.74, 6) is -0.596. The molecule has 3 rings (SSSR count). The van der Waals surface area contributed by atoms with Crippen LogP contribution < -0.4 is 5.32 Å². The Morgan fingerprint density at radius 2 is 1.52 bits per heavy atom. The van der Waals surface area contributed by atoms with Gasteiger partial charge in [0.15, 0.2) is 5.78 Å². The predicted octanol–water partition coefficient (Wildman–Crippen LogP) is 4.90. The minimum absolute atomic E-state index is 0.114. The normalized spacial score (nSPS) is 10.7. The zero-order valence-electron chi connectivity index (χ0n) is 14.6. The molecular weight excluding hydrogens is 341 g/mol. The summed E-state index contributed by atoms with van der Waals surface area (Å²) in [6.45, 7) is 0. The Hall–Kier alpha value is -3.53. The number of hydrogen-bond acceptors (Lipinski definition) is 2. The molecule has 0 radical (unpaired) electrons. The maximum Gasteiger partial charge on any atom is 0.228 e. The Morgan fingerprint density at radius 1 is 0.852 bits per heavy atom. The predicted molar refractivity (Wildman–Crippen MR) is 105 cm³/mol. The molecule has 3 aromatic rings. The van der Waals surface area contributed by atoms with Crippen LogP contribution in [0.5, 0.6) is 0 Å². The Labute approximate surface area is 157 Å². The Bertz CT molecular complexity index is 946. The third-order valence-electron chi connectivity index (χ3n) is 3.96. The first kappa shape index (κ1) is 18.3. The van der Waals surface area contributed by atoms with E-state index in [9.17, 15) is 14.0 Å². The number of ketones is 1. The number of anilines is 1. The minimum atomic E-state index is -0.316. The zero-order chi connectivity index (χ0) is 19.1. The molecule has 1 amide bonds. The fraction of sp³-hybridized carbons (Fsp3) is 0.0435. The van der Waals surface area contributed by atoms with E-state index in [1.807, 2.05) is 30.3 Å². The average Bonchev–Trinajstić information content (AvgIpc) is 2.68. The standard InChI is InChI=1S/C23H18FNO2/c24-20-11-6-17(7-12-20)8-15-22(26)19-9-13-21(14-10-19)25-23(27)16-18-4-2-1-3-5-18/h1-15H,16H2,(H,25,27)/b15-8+. The number of benzene rings is 3. The molecule has 0 fully saturated rings. The van der Waals surface area contributed by atoms with E-state index in [-0.39, 0.29) is 17.5 Å². The van der Waals surface area contributed by atoms with E-state index < -0.39 is 0 Å². The second kappa shape index (κ2) is 8.72. The number of nitrogens with one attached hydrogen (secondary N) is 1. The van der Waals surface area contributed by atoms with Gasteiger partial charge in [-0.05, 0) is 53.6 Å². The van der Waals surface area contributed by atoms with Crippen molar-refractivity contribution in [1.82, 2.24) is 0 Å². The van der Waals surface area contributed by atoms with Gasteiger partial charge in [-0.1, -0.05) is 48.5 Å². The van der Waals surface area contributed by atoms with Crippen molar-refractivity contribution >= 4 is 23.5 Å². The van der Waals surface area contributed by atoms with Crippen molar-refractivity contribution in [2.45, 2.75) is 6.42 Å². The van der Waals surface area contributed by atoms with E-state index >= 15 is 0 Å². The lowest BCUT2D eigenvalue weighted by Crippen LogP contribution is -2.14. The molecular formula is C23H18FNO2. The minimum Gasteiger partial charge on any atom is -0.326 e. The average molecular weight is 359 g/mol. The zero-order valence-corrected chi connectivity index (χ0v) is 14.6. The van der Waals surface area contributed by atoms with Gasteiger partial charge in [-0.3, -0.25) is 9.59 Å². The number of hydrogen-bond donors (Lipinski definition) is 1. The summed E-state index contributed by atoms with van der Waals surface area (Å²) in [4.78, 5) is 24.3. The number of carbonyl (C=O) groups is 2. The second-order valence-electron chi connectivity index (χ2n) is 6.04. The highest BCUT2D eigenvalue weighted by atomic mass is 19.1. The van der Waals surface area contributed by atoms with Crippen LogP contribution in [0.3, 0.4) is 0 Å². The molecule has 0 aliphatic heterocycles. The van der Waals surface area contributed by atoms with Gasteiger partial charge < -0.3 is 5.32 Å². The van der Waals surface area contributed by atoms with Crippen molar-refractivity contribution in [2.75, 3.05) is 5.32 Å². The van der Waals surface area contributed by atoms with E-state index in [0.29, 0.717) is 17.7 Å². The molecule has 3 aromatic carbocycles. The highest BCUT2D eigenvalue weighted by molar-refractivity contribution is 6.07. The highest BCUT2D eigenvalue weighted by Crippen LogP contribution is 2.13. The van der Waals surface area contributed by atoms with Crippen molar-refractivity contribution in [2.24, 2.45) is 0 Å². The van der Waals surface area contributed by atoms with Crippen LogP contribution in [-0.2, 0) is 11.2 Å². The van der Waals surface area contributed by atoms with Gasteiger partial charge in [0.05, 0.1) is 6.42 Å². The monoisotopic (exact) mass is 359 g/mol. The Kier molecular flexibility index (Phi) is 5.90.